The predicted octanol–water partition coefficient (Wildman–Crippen LogP) is 4.01. The van der Waals surface area contributed by atoms with E-state index in [0.717, 1.165) is 37.1 Å². The third kappa shape index (κ3) is 6.42. The van der Waals surface area contributed by atoms with Crippen LogP contribution in [0.15, 0.2) is 59.7 Å². The van der Waals surface area contributed by atoms with Crippen LogP contribution in [0.4, 0.5) is 5.69 Å². The first-order chi connectivity index (χ1) is 12.2. The third-order valence-corrected chi connectivity index (χ3v) is 3.86. The van der Waals surface area contributed by atoms with Gasteiger partial charge in [-0.25, -0.2) is 5.43 Å². The molecule has 4 nitrogen and oxygen atoms in total. The summed E-state index contributed by atoms with van der Waals surface area (Å²) in [5.41, 5.74) is 5.76. The van der Waals surface area contributed by atoms with Crippen molar-refractivity contribution in [3.05, 3.63) is 65.7 Å². The Hall–Kier alpha value is -2.62. The van der Waals surface area contributed by atoms with Crippen molar-refractivity contribution in [1.29, 1.82) is 0 Å². The topological polar surface area (TPSA) is 44.7 Å². The largest absolute Gasteiger partial charge is 0.372 e. The van der Waals surface area contributed by atoms with Gasteiger partial charge in [0.05, 0.1) is 12.6 Å². The summed E-state index contributed by atoms with van der Waals surface area (Å²) in [4.78, 5) is 14.2. The molecule has 0 radical (unpaired) electrons. The van der Waals surface area contributed by atoms with Crippen LogP contribution in [-0.4, -0.2) is 25.2 Å². The van der Waals surface area contributed by atoms with Crippen LogP contribution in [0.25, 0.3) is 0 Å². The van der Waals surface area contributed by atoms with Gasteiger partial charge in [0.1, 0.15) is 0 Å². The van der Waals surface area contributed by atoms with Gasteiger partial charge in [-0.3, -0.25) is 4.79 Å². The molecule has 132 valence electrons. The van der Waals surface area contributed by atoms with Gasteiger partial charge >= 0.3 is 0 Å². The summed E-state index contributed by atoms with van der Waals surface area (Å²) in [7, 11) is 0. The van der Waals surface area contributed by atoms with E-state index in [-0.39, 0.29) is 5.91 Å². The second kappa shape index (κ2) is 10.3. The number of nitrogens with one attached hydrogen (secondary N) is 1. The van der Waals surface area contributed by atoms with E-state index in [9.17, 15) is 4.79 Å². The Balaban J connectivity index is 1.87. The van der Waals surface area contributed by atoms with Crippen molar-refractivity contribution in [3.63, 3.8) is 0 Å². The van der Waals surface area contributed by atoms with Gasteiger partial charge in [-0.15, -0.1) is 0 Å². The molecule has 2 rings (SSSR count). The normalized spacial score (nSPS) is 10.8. The molecule has 0 spiro atoms. The standard InChI is InChI=1S/C21H27N3O/c1-3-14-24(15-4-2)20-12-10-19(11-13-20)17-22-23-21(25)16-18-8-6-5-7-9-18/h5-13,17H,3-4,14-16H2,1-2H3,(H,23,25). The molecule has 2 aromatic carbocycles. The number of hydrogen-bond donors (Lipinski definition) is 1. The van der Waals surface area contributed by atoms with Crippen molar-refractivity contribution in [1.82, 2.24) is 5.43 Å². The number of benzene rings is 2. The quantitative estimate of drug-likeness (QED) is 0.555. The Morgan fingerprint density at radius 1 is 1.00 bits per heavy atom. The summed E-state index contributed by atoms with van der Waals surface area (Å²) in [6, 6.07) is 17.9. The maximum atomic E-state index is 11.9. The fraction of sp³-hybridized carbons (Fsp3) is 0.333. The highest BCUT2D eigenvalue weighted by Gasteiger charge is 2.04. The lowest BCUT2D eigenvalue weighted by atomic mass is 10.1. The zero-order valence-corrected chi connectivity index (χ0v) is 15.1. The molecular weight excluding hydrogens is 310 g/mol. The first-order valence-electron chi connectivity index (χ1n) is 8.93. The van der Waals surface area contributed by atoms with Crippen LogP contribution < -0.4 is 10.3 Å². The molecular formula is C21H27N3O. The van der Waals surface area contributed by atoms with Gasteiger partial charge in [0.15, 0.2) is 0 Å². The van der Waals surface area contributed by atoms with E-state index in [4.69, 9.17) is 0 Å². The van der Waals surface area contributed by atoms with Gasteiger partial charge in [-0.2, -0.15) is 5.10 Å². The Morgan fingerprint density at radius 2 is 1.64 bits per heavy atom. The minimum Gasteiger partial charge on any atom is -0.372 e. The van der Waals surface area contributed by atoms with Crippen LogP contribution in [0.5, 0.6) is 0 Å². The lowest BCUT2D eigenvalue weighted by Crippen LogP contribution is -2.24. The monoisotopic (exact) mass is 337 g/mol. The van der Waals surface area contributed by atoms with E-state index in [1.807, 2.05) is 42.5 Å². The number of nitrogens with zero attached hydrogens (tertiary/aromatic N) is 2. The Morgan fingerprint density at radius 3 is 2.24 bits per heavy atom. The van der Waals surface area contributed by atoms with Crippen molar-refractivity contribution in [2.45, 2.75) is 33.1 Å². The summed E-state index contributed by atoms with van der Waals surface area (Å²) in [6.07, 6.45) is 4.28. The molecule has 1 N–H and O–H groups in total. The first-order valence-corrected chi connectivity index (χ1v) is 8.93. The Kier molecular flexibility index (Phi) is 7.70. The summed E-state index contributed by atoms with van der Waals surface area (Å²) >= 11 is 0. The molecule has 0 aliphatic rings. The summed E-state index contributed by atoms with van der Waals surface area (Å²) in [6.45, 7) is 6.53. The maximum absolute atomic E-state index is 11.9. The number of amides is 1. The van der Waals surface area contributed by atoms with E-state index < -0.39 is 0 Å². The summed E-state index contributed by atoms with van der Waals surface area (Å²) in [5.74, 6) is -0.115. The van der Waals surface area contributed by atoms with Crippen LogP contribution in [0, 0.1) is 0 Å². The van der Waals surface area contributed by atoms with E-state index in [1.54, 1.807) is 6.21 Å². The second-order valence-corrected chi connectivity index (χ2v) is 6.03. The molecule has 0 aliphatic carbocycles. The van der Waals surface area contributed by atoms with Crippen LogP contribution in [0.3, 0.4) is 0 Å². The molecule has 0 heterocycles. The predicted molar refractivity (Wildman–Crippen MR) is 105 cm³/mol. The van der Waals surface area contributed by atoms with Gasteiger partial charge in [0, 0.05) is 18.8 Å². The number of hydrogen-bond acceptors (Lipinski definition) is 3. The molecule has 0 saturated heterocycles. The van der Waals surface area contributed by atoms with Crippen LogP contribution in [0.2, 0.25) is 0 Å². The molecule has 0 atom stereocenters. The minimum atomic E-state index is -0.115. The molecule has 25 heavy (non-hydrogen) atoms. The Labute approximate surface area is 150 Å². The highest BCUT2D eigenvalue weighted by atomic mass is 16.2. The maximum Gasteiger partial charge on any atom is 0.244 e. The Bertz CT molecular complexity index is 659. The van der Waals surface area contributed by atoms with Gasteiger partial charge < -0.3 is 4.90 Å². The number of hydrazone groups is 1. The number of anilines is 1. The smallest absolute Gasteiger partial charge is 0.244 e. The zero-order chi connectivity index (χ0) is 17.9. The molecule has 0 fully saturated rings. The average molecular weight is 337 g/mol. The lowest BCUT2D eigenvalue weighted by molar-refractivity contribution is -0.120. The van der Waals surface area contributed by atoms with Gasteiger partial charge in [-0.05, 0) is 36.1 Å². The highest BCUT2D eigenvalue weighted by molar-refractivity contribution is 5.83. The van der Waals surface area contributed by atoms with Gasteiger partial charge in [-0.1, -0.05) is 56.3 Å². The van der Waals surface area contributed by atoms with Gasteiger partial charge in [0.25, 0.3) is 0 Å². The number of carbonyl (C=O) groups is 1. The average Bonchev–Trinajstić information content (AvgIpc) is 2.63. The molecule has 0 aliphatic heterocycles. The van der Waals surface area contributed by atoms with Gasteiger partial charge in [0.2, 0.25) is 5.91 Å². The van der Waals surface area contributed by atoms with E-state index in [2.05, 4.69) is 41.4 Å². The highest BCUT2D eigenvalue weighted by Crippen LogP contribution is 2.15. The molecule has 0 saturated carbocycles. The molecule has 0 unspecified atom stereocenters. The fourth-order valence-corrected chi connectivity index (χ4v) is 2.68. The van der Waals surface area contributed by atoms with Crippen molar-refractivity contribution >= 4 is 17.8 Å². The molecule has 2 aromatic rings. The van der Waals surface area contributed by atoms with Crippen LogP contribution in [-0.2, 0) is 11.2 Å². The van der Waals surface area contributed by atoms with Crippen LogP contribution >= 0.6 is 0 Å². The van der Waals surface area contributed by atoms with Crippen LogP contribution in [0.1, 0.15) is 37.8 Å². The first kappa shape index (κ1) is 18.7. The lowest BCUT2D eigenvalue weighted by Gasteiger charge is -2.23. The number of rotatable bonds is 9. The molecule has 0 bridgehead atoms. The van der Waals surface area contributed by atoms with Crippen molar-refractivity contribution in [2.24, 2.45) is 5.10 Å². The number of carbonyl (C=O) groups excluding carboxylic acids is 1. The van der Waals surface area contributed by atoms with E-state index >= 15 is 0 Å². The minimum absolute atomic E-state index is 0.115. The van der Waals surface area contributed by atoms with E-state index in [1.165, 1.54) is 5.69 Å². The SMILES string of the molecule is CCCN(CCC)c1ccc(C=NNC(=O)Cc2ccccc2)cc1. The van der Waals surface area contributed by atoms with Crippen molar-refractivity contribution < 1.29 is 4.79 Å². The molecule has 0 aromatic heterocycles. The summed E-state index contributed by atoms with van der Waals surface area (Å²) in [5, 5.41) is 4.05. The third-order valence-electron chi connectivity index (χ3n) is 3.86. The van der Waals surface area contributed by atoms with Crippen molar-refractivity contribution in [3.8, 4) is 0 Å². The van der Waals surface area contributed by atoms with E-state index in [0.29, 0.717) is 6.42 Å². The fourth-order valence-electron chi connectivity index (χ4n) is 2.68. The summed E-state index contributed by atoms with van der Waals surface area (Å²) < 4.78 is 0. The van der Waals surface area contributed by atoms with Crippen molar-refractivity contribution in [2.75, 3.05) is 18.0 Å². The zero-order valence-electron chi connectivity index (χ0n) is 15.1. The molecule has 4 heteroatoms. The second-order valence-electron chi connectivity index (χ2n) is 6.03. The molecule has 1 amide bonds.